The van der Waals surface area contributed by atoms with Crippen LogP contribution in [0.2, 0.25) is 0 Å². The molecule has 2 aromatic carbocycles. The van der Waals surface area contributed by atoms with Crippen LogP contribution in [0.5, 0.6) is 0 Å². The maximum Gasteiger partial charge on any atom is 0.416 e. The van der Waals surface area contributed by atoms with Crippen molar-refractivity contribution >= 4 is 34.7 Å². The summed E-state index contributed by atoms with van der Waals surface area (Å²) in [4.78, 5) is 16.6. The van der Waals surface area contributed by atoms with Crippen LogP contribution in [0.4, 0.5) is 18.9 Å². The van der Waals surface area contributed by atoms with Crippen LogP contribution < -0.4 is 5.32 Å². The molecule has 3 nitrogen and oxygen atoms in total. The molecule has 1 N–H and O–H groups in total. The number of nitrogens with zero attached hydrogens (tertiary/aromatic N) is 1. The fourth-order valence-electron chi connectivity index (χ4n) is 2.64. The Labute approximate surface area is 175 Å². The van der Waals surface area contributed by atoms with Crippen LogP contribution in [-0.4, -0.2) is 10.9 Å². The topological polar surface area (TPSA) is 42.0 Å². The van der Waals surface area contributed by atoms with Crippen LogP contribution in [0.1, 0.15) is 27.9 Å². The third-order valence-corrected chi connectivity index (χ3v) is 6.34. The largest absolute Gasteiger partial charge is 0.416 e. The van der Waals surface area contributed by atoms with Gasteiger partial charge in [0.25, 0.3) is 0 Å². The highest BCUT2D eigenvalue weighted by molar-refractivity contribution is 8.00. The molecular formula is C21H19F3N2OS2. The van der Waals surface area contributed by atoms with Gasteiger partial charge in [-0.2, -0.15) is 13.2 Å². The molecule has 0 saturated carbocycles. The van der Waals surface area contributed by atoms with E-state index in [1.165, 1.54) is 40.2 Å². The maximum atomic E-state index is 12.6. The van der Waals surface area contributed by atoms with E-state index in [0.29, 0.717) is 11.4 Å². The fraction of sp³-hybridized carbons (Fsp3) is 0.238. The monoisotopic (exact) mass is 436 g/mol. The molecule has 29 heavy (non-hydrogen) atoms. The van der Waals surface area contributed by atoms with Crippen molar-refractivity contribution in [3.05, 3.63) is 75.8 Å². The molecule has 0 bridgehead atoms. The van der Waals surface area contributed by atoms with Gasteiger partial charge in [-0.05, 0) is 49.2 Å². The summed E-state index contributed by atoms with van der Waals surface area (Å²) in [5, 5.41) is 4.43. The van der Waals surface area contributed by atoms with E-state index < -0.39 is 11.7 Å². The van der Waals surface area contributed by atoms with E-state index in [0.717, 1.165) is 22.2 Å². The van der Waals surface area contributed by atoms with Crippen molar-refractivity contribution in [2.24, 2.45) is 0 Å². The van der Waals surface area contributed by atoms with Crippen LogP contribution in [0.15, 0.2) is 52.2 Å². The number of thioether (sulfide) groups is 1. The third-order valence-electron chi connectivity index (χ3n) is 4.22. The van der Waals surface area contributed by atoms with Crippen molar-refractivity contribution in [3.8, 4) is 0 Å². The summed E-state index contributed by atoms with van der Waals surface area (Å²) in [5.41, 5.74) is 3.92. The van der Waals surface area contributed by atoms with Gasteiger partial charge in [-0.25, -0.2) is 4.98 Å². The van der Waals surface area contributed by atoms with Crippen molar-refractivity contribution in [3.63, 3.8) is 0 Å². The number of alkyl halides is 3. The summed E-state index contributed by atoms with van der Waals surface area (Å²) >= 11 is 3.10. The van der Waals surface area contributed by atoms with E-state index in [1.807, 2.05) is 5.38 Å². The van der Waals surface area contributed by atoms with Crippen LogP contribution >= 0.6 is 23.1 Å². The molecule has 8 heteroatoms. The van der Waals surface area contributed by atoms with Gasteiger partial charge in [-0.1, -0.05) is 35.5 Å². The number of aromatic nitrogens is 1. The van der Waals surface area contributed by atoms with Gasteiger partial charge in [-0.15, -0.1) is 11.3 Å². The number of amides is 1. The first-order valence-electron chi connectivity index (χ1n) is 8.81. The average molecular weight is 437 g/mol. The standard InChI is InChI=1S/C21H19F3N2OS2/c1-13-3-4-14(2)15(9-13)11-28-20-26-18(12-29-20)10-19(27)25-17-7-5-16(6-8-17)21(22,23)24/h3-9,12H,10-11H2,1-2H3,(H,25,27). The second kappa shape index (κ2) is 9.00. The highest BCUT2D eigenvalue weighted by Gasteiger charge is 2.30. The molecule has 3 aromatic rings. The number of carbonyl (C=O) groups excluding carboxylic acids is 1. The molecular weight excluding hydrogens is 417 g/mol. The Hall–Kier alpha value is -2.32. The van der Waals surface area contributed by atoms with E-state index >= 15 is 0 Å². The SMILES string of the molecule is Cc1ccc(C)c(CSc2nc(CC(=O)Nc3ccc(C(F)(F)F)cc3)cs2)c1. The van der Waals surface area contributed by atoms with Gasteiger partial charge in [0.15, 0.2) is 0 Å². The quantitative estimate of drug-likeness (QED) is 0.464. The number of hydrogen-bond donors (Lipinski definition) is 1. The molecule has 3 rings (SSSR count). The first-order valence-corrected chi connectivity index (χ1v) is 10.7. The Kier molecular flexibility index (Phi) is 6.64. The van der Waals surface area contributed by atoms with E-state index in [4.69, 9.17) is 0 Å². The van der Waals surface area contributed by atoms with Crippen LogP contribution in [0.3, 0.4) is 0 Å². The molecule has 152 valence electrons. The Balaban J connectivity index is 1.54. The minimum absolute atomic E-state index is 0.0710. The number of nitrogens with one attached hydrogen (secondary N) is 1. The summed E-state index contributed by atoms with van der Waals surface area (Å²) in [7, 11) is 0. The molecule has 0 aliphatic heterocycles. The minimum atomic E-state index is -4.39. The molecule has 1 amide bonds. The van der Waals surface area contributed by atoms with E-state index in [1.54, 1.807) is 11.8 Å². The van der Waals surface area contributed by atoms with Gasteiger partial charge in [-0.3, -0.25) is 4.79 Å². The second-order valence-corrected chi connectivity index (χ2v) is 8.70. The Bertz CT molecular complexity index is 998. The summed E-state index contributed by atoms with van der Waals surface area (Å²) in [6, 6.07) is 10.7. The number of halogens is 3. The van der Waals surface area contributed by atoms with E-state index in [9.17, 15) is 18.0 Å². The van der Waals surface area contributed by atoms with Crippen LogP contribution in [0, 0.1) is 13.8 Å². The molecule has 1 heterocycles. The Morgan fingerprint density at radius 2 is 1.86 bits per heavy atom. The summed E-state index contributed by atoms with van der Waals surface area (Å²) in [6.45, 7) is 4.14. The number of hydrogen-bond acceptors (Lipinski definition) is 4. The zero-order valence-corrected chi connectivity index (χ0v) is 17.5. The summed E-state index contributed by atoms with van der Waals surface area (Å²) in [5.74, 6) is 0.485. The lowest BCUT2D eigenvalue weighted by molar-refractivity contribution is -0.137. The van der Waals surface area contributed by atoms with Crippen molar-refractivity contribution in [1.29, 1.82) is 0 Å². The average Bonchev–Trinajstić information content (AvgIpc) is 3.09. The predicted molar refractivity (Wildman–Crippen MR) is 111 cm³/mol. The normalized spacial score (nSPS) is 11.5. The Morgan fingerprint density at radius 3 is 2.55 bits per heavy atom. The smallest absolute Gasteiger partial charge is 0.326 e. The van der Waals surface area contributed by atoms with Gasteiger partial charge < -0.3 is 5.32 Å². The molecule has 0 spiro atoms. The number of rotatable bonds is 6. The highest BCUT2D eigenvalue weighted by Crippen LogP contribution is 2.30. The summed E-state index contributed by atoms with van der Waals surface area (Å²) in [6.07, 6.45) is -4.32. The van der Waals surface area contributed by atoms with Gasteiger partial charge in [0.2, 0.25) is 5.91 Å². The summed E-state index contributed by atoms with van der Waals surface area (Å²) < 4.78 is 38.6. The van der Waals surface area contributed by atoms with Crippen LogP contribution in [-0.2, 0) is 23.1 Å². The van der Waals surface area contributed by atoms with Crippen LogP contribution in [0.25, 0.3) is 0 Å². The number of carbonyl (C=O) groups is 1. The highest BCUT2D eigenvalue weighted by atomic mass is 32.2. The molecule has 0 fully saturated rings. The fourth-order valence-corrected chi connectivity index (χ4v) is 4.55. The molecule has 0 aliphatic rings. The lowest BCUT2D eigenvalue weighted by Crippen LogP contribution is -2.15. The molecule has 0 atom stereocenters. The van der Waals surface area contributed by atoms with Gasteiger partial charge >= 0.3 is 6.18 Å². The maximum absolute atomic E-state index is 12.6. The Morgan fingerprint density at radius 1 is 1.14 bits per heavy atom. The van der Waals surface area contributed by atoms with Crippen molar-refractivity contribution in [2.45, 2.75) is 36.5 Å². The second-order valence-electron chi connectivity index (χ2n) is 6.62. The number of benzene rings is 2. The van der Waals surface area contributed by atoms with Gasteiger partial charge in [0, 0.05) is 16.8 Å². The van der Waals surface area contributed by atoms with Gasteiger partial charge in [0.05, 0.1) is 17.7 Å². The predicted octanol–water partition coefficient (Wildman–Crippen LogP) is 6.25. The van der Waals surface area contributed by atoms with Crippen molar-refractivity contribution in [2.75, 3.05) is 5.32 Å². The van der Waals surface area contributed by atoms with E-state index in [-0.39, 0.29) is 12.3 Å². The lowest BCUT2D eigenvalue weighted by Gasteiger charge is -2.08. The molecule has 0 aliphatic carbocycles. The first kappa shape index (κ1) is 21.4. The molecule has 0 radical (unpaired) electrons. The molecule has 0 saturated heterocycles. The third kappa shape index (κ3) is 6.08. The number of thiazole rings is 1. The zero-order chi connectivity index (χ0) is 21.0. The van der Waals surface area contributed by atoms with Crippen molar-refractivity contribution in [1.82, 2.24) is 4.98 Å². The van der Waals surface area contributed by atoms with Gasteiger partial charge in [0.1, 0.15) is 4.34 Å². The first-order chi connectivity index (χ1) is 13.7. The molecule has 1 aromatic heterocycles. The number of aryl methyl sites for hydroxylation is 2. The zero-order valence-electron chi connectivity index (χ0n) is 15.8. The number of anilines is 1. The van der Waals surface area contributed by atoms with E-state index in [2.05, 4.69) is 42.3 Å². The minimum Gasteiger partial charge on any atom is -0.326 e. The lowest BCUT2D eigenvalue weighted by atomic mass is 10.1. The van der Waals surface area contributed by atoms with Crippen molar-refractivity contribution < 1.29 is 18.0 Å². The molecule has 0 unspecified atom stereocenters.